The minimum atomic E-state index is -0.132. The molecule has 0 aliphatic carbocycles. The summed E-state index contributed by atoms with van der Waals surface area (Å²) in [5, 5.41) is 3.81. The number of thioether (sulfide) groups is 1. The molecule has 3 aliphatic heterocycles. The van der Waals surface area contributed by atoms with Gasteiger partial charge in [-0.2, -0.15) is 11.8 Å². The predicted molar refractivity (Wildman–Crippen MR) is 124 cm³/mol. The zero-order chi connectivity index (χ0) is 20.8. The molecule has 2 fully saturated rings. The van der Waals surface area contributed by atoms with Gasteiger partial charge in [0.05, 0.1) is 16.9 Å². The molecule has 4 heterocycles. The van der Waals surface area contributed by atoms with E-state index in [9.17, 15) is 4.79 Å². The molecule has 5 nitrogen and oxygen atoms in total. The third-order valence-corrected chi connectivity index (χ3v) is 7.91. The molecule has 1 aromatic heterocycles. The smallest absolute Gasteiger partial charge is 0.253 e. The maximum Gasteiger partial charge on any atom is 0.253 e. The summed E-state index contributed by atoms with van der Waals surface area (Å²) < 4.78 is 8.20. The number of anilines is 1. The molecule has 158 valence electrons. The summed E-state index contributed by atoms with van der Waals surface area (Å²) >= 11 is 1.90. The second-order valence-corrected chi connectivity index (χ2v) is 9.66. The fourth-order valence-electron chi connectivity index (χ4n) is 4.90. The van der Waals surface area contributed by atoms with Gasteiger partial charge in [0, 0.05) is 42.0 Å². The first-order valence-corrected chi connectivity index (χ1v) is 12.1. The van der Waals surface area contributed by atoms with Crippen LogP contribution in [-0.4, -0.2) is 46.1 Å². The summed E-state index contributed by atoms with van der Waals surface area (Å²) in [6, 6.07) is 20.4. The Bertz CT molecular complexity index is 1110. The number of rotatable bonds is 3. The Labute approximate surface area is 186 Å². The van der Waals surface area contributed by atoms with E-state index in [1.807, 2.05) is 40.9 Å². The zero-order valence-corrected chi connectivity index (χ0v) is 18.1. The summed E-state index contributed by atoms with van der Waals surface area (Å²) in [5.41, 5.74) is 4.24. The van der Waals surface area contributed by atoms with E-state index in [2.05, 4.69) is 52.5 Å². The number of benzene rings is 2. The molecular formula is C25H25N3O2S. The molecule has 0 bridgehead atoms. The van der Waals surface area contributed by atoms with Crippen molar-refractivity contribution in [2.45, 2.75) is 24.5 Å². The first-order valence-electron chi connectivity index (χ1n) is 10.9. The maximum atomic E-state index is 13.1. The Morgan fingerprint density at radius 1 is 1.00 bits per heavy atom. The lowest BCUT2D eigenvalue weighted by Gasteiger charge is -2.46. The van der Waals surface area contributed by atoms with E-state index in [0.717, 1.165) is 54.4 Å². The average molecular weight is 432 g/mol. The van der Waals surface area contributed by atoms with Gasteiger partial charge < -0.3 is 19.5 Å². The van der Waals surface area contributed by atoms with E-state index in [1.165, 1.54) is 11.4 Å². The van der Waals surface area contributed by atoms with E-state index < -0.39 is 0 Å². The number of nitrogens with one attached hydrogen (secondary N) is 1. The lowest BCUT2D eigenvalue weighted by molar-refractivity contribution is 0.0676. The highest BCUT2D eigenvalue weighted by molar-refractivity contribution is 8.00. The molecule has 1 N–H and O–H groups in total. The van der Waals surface area contributed by atoms with Crippen LogP contribution in [0.25, 0.3) is 5.69 Å². The van der Waals surface area contributed by atoms with Gasteiger partial charge in [-0.25, -0.2) is 0 Å². The van der Waals surface area contributed by atoms with Crippen molar-refractivity contribution in [3.8, 4) is 11.4 Å². The minimum absolute atomic E-state index is 0.104. The van der Waals surface area contributed by atoms with Crippen LogP contribution in [0.1, 0.15) is 28.9 Å². The highest BCUT2D eigenvalue weighted by Crippen LogP contribution is 2.43. The number of amides is 1. The molecule has 1 amide bonds. The van der Waals surface area contributed by atoms with Gasteiger partial charge in [-0.15, -0.1) is 0 Å². The molecule has 3 aliphatic rings. The summed E-state index contributed by atoms with van der Waals surface area (Å²) in [4.78, 5) is 15.1. The topological polar surface area (TPSA) is 46.5 Å². The number of piperidine rings is 1. The Morgan fingerprint density at radius 2 is 1.77 bits per heavy atom. The second-order valence-electron chi connectivity index (χ2n) is 8.58. The molecule has 2 saturated heterocycles. The van der Waals surface area contributed by atoms with Gasteiger partial charge in [0.15, 0.2) is 0 Å². The third-order valence-electron chi connectivity index (χ3n) is 6.69. The van der Waals surface area contributed by atoms with E-state index in [0.29, 0.717) is 6.10 Å². The molecule has 0 atom stereocenters. The van der Waals surface area contributed by atoms with Crippen LogP contribution in [0.15, 0.2) is 66.9 Å². The SMILES string of the molecule is O=C(c1ccc(OC2CSC2)cc1)N1CCC2(CC1)Nc1ccccc1-n1cccc12. The van der Waals surface area contributed by atoms with Crippen molar-refractivity contribution in [2.24, 2.45) is 0 Å². The van der Waals surface area contributed by atoms with Crippen LogP contribution in [-0.2, 0) is 5.54 Å². The molecule has 0 saturated carbocycles. The maximum absolute atomic E-state index is 13.1. The quantitative estimate of drug-likeness (QED) is 0.662. The van der Waals surface area contributed by atoms with Gasteiger partial charge in [0.1, 0.15) is 11.9 Å². The van der Waals surface area contributed by atoms with E-state index in [4.69, 9.17) is 4.74 Å². The first kappa shape index (κ1) is 18.9. The Hall–Kier alpha value is -2.86. The number of nitrogens with zero attached hydrogens (tertiary/aromatic N) is 2. The fraction of sp³-hybridized carbons (Fsp3) is 0.320. The number of para-hydroxylation sites is 2. The molecule has 6 heteroatoms. The summed E-state index contributed by atoms with van der Waals surface area (Å²) in [6.07, 6.45) is 4.23. The van der Waals surface area contributed by atoms with Crippen LogP contribution in [0, 0.1) is 0 Å². The molecule has 3 aromatic rings. The molecule has 0 radical (unpaired) electrons. The molecule has 31 heavy (non-hydrogen) atoms. The van der Waals surface area contributed by atoms with E-state index >= 15 is 0 Å². The van der Waals surface area contributed by atoms with Crippen LogP contribution in [0.4, 0.5) is 5.69 Å². The third kappa shape index (κ3) is 3.21. The van der Waals surface area contributed by atoms with Gasteiger partial charge in [0.2, 0.25) is 0 Å². The van der Waals surface area contributed by atoms with Crippen molar-refractivity contribution < 1.29 is 9.53 Å². The number of likely N-dealkylation sites (tertiary alicyclic amines) is 1. The monoisotopic (exact) mass is 431 g/mol. The number of carbonyl (C=O) groups excluding carboxylic acids is 1. The predicted octanol–water partition coefficient (Wildman–Crippen LogP) is 4.53. The number of carbonyl (C=O) groups is 1. The fourth-order valence-corrected chi connectivity index (χ4v) is 5.46. The lowest BCUT2D eigenvalue weighted by Crippen LogP contribution is -2.51. The van der Waals surface area contributed by atoms with E-state index in [-0.39, 0.29) is 11.4 Å². The van der Waals surface area contributed by atoms with Crippen molar-refractivity contribution in [3.63, 3.8) is 0 Å². The molecular weight excluding hydrogens is 406 g/mol. The van der Waals surface area contributed by atoms with Crippen molar-refractivity contribution in [3.05, 3.63) is 78.1 Å². The Kier molecular flexibility index (Phi) is 4.49. The molecule has 6 rings (SSSR count). The van der Waals surface area contributed by atoms with Gasteiger partial charge >= 0.3 is 0 Å². The van der Waals surface area contributed by atoms with Gasteiger partial charge in [-0.05, 0) is 61.4 Å². The van der Waals surface area contributed by atoms with Crippen LogP contribution >= 0.6 is 11.8 Å². The Balaban J connectivity index is 1.17. The number of ether oxygens (including phenoxy) is 1. The van der Waals surface area contributed by atoms with Crippen molar-refractivity contribution in [2.75, 3.05) is 29.9 Å². The Morgan fingerprint density at radius 3 is 2.52 bits per heavy atom. The summed E-state index contributed by atoms with van der Waals surface area (Å²) in [6.45, 7) is 1.47. The number of hydrogen-bond acceptors (Lipinski definition) is 4. The standard InChI is InChI=1S/C25H25N3O2S/c29-24(18-7-9-19(10-8-18)30-20-16-31-17-20)27-14-11-25(12-15-27)23-6-3-13-28(23)22-5-2-1-4-21(22)26-25/h1-10,13,20,26H,11-12,14-17H2. The van der Waals surface area contributed by atoms with Gasteiger partial charge in [0.25, 0.3) is 5.91 Å². The van der Waals surface area contributed by atoms with Crippen molar-refractivity contribution in [1.29, 1.82) is 0 Å². The number of fused-ring (bicyclic) bond motifs is 4. The number of hydrogen-bond donors (Lipinski definition) is 1. The van der Waals surface area contributed by atoms with Gasteiger partial charge in [-0.3, -0.25) is 4.79 Å². The molecule has 0 unspecified atom stereocenters. The largest absolute Gasteiger partial charge is 0.489 e. The van der Waals surface area contributed by atoms with Crippen molar-refractivity contribution in [1.82, 2.24) is 9.47 Å². The molecule has 2 aromatic carbocycles. The number of aromatic nitrogens is 1. The molecule has 1 spiro atoms. The second kappa shape index (κ2) is 7.38. The highest BCUT2D eigenvalue weighted by atomic mass is 32.2. The van der Waals surface area contributed by atoms with E-state index in [1.54, 1.807) is 0 Å². The first-order chi connectivity index (χ1) is 15.2. The summed E-state index contributed by atoms with van der Waals surface area (Å²) in [5.74, 6) is 3.06. The zero-order valence-electron chi connectivity index (χ0n) is 17.3. The van der Waals surface area contributed by atoms with Gasteiger partial charge in [-0.1, -0.05) is 12.1 Å². The summed E-state index contributed by atoms with van der Waals surface area (Å²) in [7, 11) is 0. The van der Waals surface area contributed by atoms with Crippen LogP contribution < -0.4 is 10.1 Å². The average Bonchev–Trinajstić information content (AvgIpc) is 3.28. The minimum Gasteiger partial charge on any atom is -0.489 e. The van der Waals surface area contributed by atoms with Crippen LogP contribution in [0.2, 0.25) is 0 Å². The van der Waals surface area contributed by atoms with Crippen molar-refractivity contribution >= 4 is 23.4 Å². The normalized spacial score (nSPS) is 19.2. The highest BCUT2D eigenvalue weighted by Gasteiger charge is 2.42. The lowest BCUT2D eigenvalue weighted by atomic mass is 9.82. The van der Waals surface area contributed by atoms with Crippen LogP contribution in [0.5, 0.6) is 5.75 Å². The van der Waals surface area contributed by atoms with Crippen LogP contribution in [0.3, 0.4) is 0 Å².